The van der Waals surface area contributed by atoms with Crippen LogP contribution in [-0.4, -0.2) is 62.1 Å². The van der Waals surface area contributed by atoms with Crippen LogP contribution in [0.5, 0.6) is 0 Å². The molecule has 5 nitrogen and oxygen atoms in total. The number of carbonyl (C=O) groups excluding carboxylic acids is 1. The van der Waals surface area contributed by atoms with E-state index >= 15 is 0 Å². The second-order valence-electron chi connectivity index (χ2n) is 6.83. The topological polar surface area (TPSA) is 57.7 Å². The zero-order valence-corrected chi connectivity index (χ0v) is 13.9. The average molecular weight is 326 g/mol. The summed E-state index contributed by atoms with van der Waals surface area (Å²) in [5, 5.41) is 1.26. The number of nitrogens with zero attached hydrogens (tertiary/aromatic N) is 2. The first-order valence-electron chi connectivity index (χ1n) is 8.46. The minimum atomic E-state index is -3.06. The van der Waals surface area contributed by atoms with E-state index in [2.05, 4.69) is 4.90 Å². The van der Waals surface area contributed by atoms with Gasteiger partial charge in [-0.05, 0) is 19.3 Å². The van der Waals surface area contributed by atoms with Gasteiger partial charge in [0, 0.05) is 50.0 Å². The summed E-state index contributed by atoms with van der Waals surface area (Å²) < 4.78 is 22.9. The van der Waals surface area contributed by atoms with Crippen molar-refractivity contribution in [3.63, 3.8) is 0 Å². The monoisotopic (exact) mass is 326 g/mol. The van der Waals surface area contributed by atoms with Crippen molar-refractivity contribution in [3.8, 4) is 0 Å². The Balaban J connectivity index is 1.50. The molecule has 1 saturated carbocycles. The largest absolute Gasteiger partial charge is 0.341 e. The highest BCUT2D eigenvalue weighted by atomic mass is 32.2. The number of sulfone groups is 1. The van der Waals surface area contributed by atoms with Crippen LogP contribution in [0.4, 0.5) is 0 Å². The third-order valence-electron chi connectivity index (χ3n) is 5.17. The molecule has 6 heteroatoms. The molecule has 0 aromatic carbocycles. The number of allylic oxidation sites excluding steroid dienone is 1. The van der Waals surface area contributed by atoms with Crippen molar-refractivity contribution < 1.29 is 13.2 Å². The maximum atomic E-state index is 12.4. The van der Waals surface area contributed by atoms with E-state index in [1.54, 1.807) is 6.08 Å². The van der Waals surface area contributed by atoms with Crippen LogP contribution in [0.25, 0.3) is 0 Å². The van der Waals surface area contributed by atoms with Crippen molar-refractivity contribution in [1.29, 1.82) is 0 Å². The number of hydrogen-bond acceptors (Lipinski definition) is 4. The highest BCUT2D eigenvalue weighted by Gasteiger charge is 2.29. The predicted molar refractivity (Wildman–Crippen MR) is 86.1 cm³/mol. The van der Waals surface area contributed by atoms with Gasteiger partial charge in [-0.3, -0.25) is 9.69 Å². The zero-order valence-electron chi connectivity index (χ0n) is 13.1. The molecule has 0 spiro atoms. The molecule has 0 N–H and O–H groups in total. The molecule has 1 unspecified atom stereocenters. The molecule has 22 heavy (non-hydrogen) atoms. The van der Waals surface area contributed by atoms with Crippen LogP contribution < -0.4 is 0 Å². The maximum absolute atomic E-state index is 12.4. The van der Waals surface area contributed by atoms with Gasteiger partial charge >= 0.3 is 0 Å². The molecule has 1 aliphatic carbocycles. The second kappa shape index (κ2) is 6.71. The number of hydrogen-bond donors (Lipinski definition) is 0. The van der Waals surface area contributed by atoms with Gasteiger partial charge in [0.2, 0.25) is 5.91 Å². The van der Waals surface area contributed by atoms with Gasteiger partial charge in [-0.15, -0.1) is 0 Å². The Kier molecular flexibility index (Phi) is 4.88. The van der Waals surface area contributed by atoms with Gasteiger partial charge in [0.25, 0.3) is 0 Å². The van der Waals surface area contributed by atoms with Gasteiger partial charge in [-0.25, -0.2) is 8.42 Å². The van der Waals surface area contributed by atoms with Crippen LogP contribution in [0.3, 0.4) is 0 Å². The minimum absolute atomic E-state index is 0.0980. The van der Waals surface area contributed by atoms with Crippen LogP contribution >= 0.6 is 0 Å². The normalized spacial score (nSPS) is 29.8. The van der Waals surface area contributed by atoms with Gasteiger partial charge in [0.1, 0.15) is 0 Å². The Morgan fingerprint density at radius 1 is 1.05 bits per heavy atom. The Morgan fingerprint density at radius 2 is 1.82 bits per heavy atom. The van der Waals surface area contributed by atoms with E-state index in [9.17, 15) is 13.2 Å². The summed E-state index contributed by atoms with van der Waals surface area (Å²) >= 11 is 0. The molecule has 1 atom stereocenters. The summed E-state index contributed by atoms with van der Waals surface area (Å²) in [7, 11) is -3.06. The van der Waals surface area contributed by atoms with E-state index < -0.39 is 9.84 Å². The average Bonchev–Trinajstić information content (AvgIpc) is 3.03. The fourth-order valence-electron chi connectivity index (χ4n) is 3.94. The van der Waals surface area contributed by atoms with Crippen molar-refractivity contribution in [1.82, 2.24) is 9.80 Å². The fourth-order valence-corrected chi connectivity index (χ4v) is 5.34. The number of carbonyl (C=O) groups is 1. The highest BCUT2D eigenvalue weighted by Crippen LogP contribution is 2.25. The predicted octanol–water partition coefficient (Wildman–Crippen LogP) is 1.41. The standard InChI is InChI=1S/C16H26N2O3S/c19-16(12-14-6-11-22(20,21)13-14)18-8-3-7-17(9-10-18)15-4-1-2-5-15/h6,11,14-15H,1-5,7-10,12-13H2. The summed E-state index contributed by atoms with van der Waals surface area (Å²) in [6.45, 7) is 3.66. The smallest absolute Gasteiger partial charge is 0.223 e. The van der Waals surface area contributed by atoms with Crippen molar-refractivity contribution in [2.75, 3.05) is 31.9 Å². The molecule has 0 bridgehead atoms. The molecule has 2 fully saturated rings. The van der Waals surface area contributed by atoms with Gasteiger partial charge in [0.05, 0.1) is 5.75 Å². The lowest BCUT2D eigenvalue weighted by molar-refractivity contribution is -0.131. The Morgan fingerprint density at radius 3 is 2.50 bits per heavy atom. The van der Waals surface area contributed by atoms with E-state index in [-0.39, 0.29) is 17.6 Å². The van der Waals surface area contributed by atoms with Crippen LogP contribution in [0, 0.1) is 5.92 Å². The summed E-state index contributed by atoms with van der Waals surface area (Å²) in [5.41, 5.74) is 0. The molecule has 2 heterocycles. The summed E-state index contributed by atoms with van der Waals surface area (Å²) in [6.07, 6.45) is 8.33. The molecule has 0 aromatic heterocycles. The molecular weight excluding hydrogens is 300 g/mol. The first kappa shape index (κ1) is 16.0. The Labute approximate surface area is 133 Å². The molecule has 0 aromatic rings. The maximum Gasteiger partial charge on any atom is 0.223 e. The lowest BCUT2D eigenvalue weighted by atomic mass is 10.1. The summed E-state index contributed by atoms with van der Waals surface area (Å²) in [4.78, 5) is 16.9. The third kappa shape index (κ3) is 3.90. The van der Waals surface area contributed by atoms with Crippen LogP contribution in [-0.2, 0) is 14.6 Å². The van der Waals surface area contributed by atoms with Crippen LogP contribution in [0.2, 0.25) is 0 Å². The quantitative estimate of drug-likeness (QED) is 0.787. The molecule has 124 valence electrons. The molecule has 1 saturated heterocycles. The van der Waals surface area contributed by atoms with E-state index in [1.807, 2.05) is 4.90 Å². The van der Waals surface area contributed by atoms with Gasteiger partial charge < -0.3 is 4.90 Å². The summed E-state index contributed by atoms with van der Waals surface area (Å²) in [5.74, 6) is 0.0764. The molecule has 0 radical (unpaired) electrons. The fraction of sp³-hybridized carbons (Fsp3) is 0.812. The zero-order chi connectivity index (χ0) is 15.6. The lowest BCUT2D eigenvalue weighted by Crippen LogP contribution is -2.38. The van der Waals surface area contributed by atoms with Crippen molar-refractivity contribution in [2.45, 2.75) is 44.6 Å². The Bertz CT molecular complexity index is 538. The number of rotatable bonds is 3. The molecule has 3 aliphatic rings. The van der Waals surface area contributed by atoms with Crippen molar-refractivity contribution in [2.24, 2.45) is 5.92 Å². The van der Waals surface area contributed by atoms with Gasteiger partial charge in [0.15, 0.2) is 9.84 Å². The third-order valence-corrected chi connectivity index (χ3v) is 6.63. The van der Waals surface area contributed by atoms with Gasteiger partial charge in [-0.2, -0.15) is 0 Å². The second-order valence-corrected chi connectivity index (χ2v) is 8.76. The van der Waals surface area contributed by atoms with E-state index in [0.717, 1.165) is 38.6 Å². The van der Waals surface area contributed by atoms with Crippen molar-refractivity contribution >= 4 is 15.7 Å². The highest BCUT2D eigenvalue weighted by molar-refractivity contribution is 7.94. The van der Waals surface area contributed by atoms with Crippen LogP contribution in [0.1, 0.15) is 38.5 Å². The lowest BCUT2D eigenvalue weighted by Gasteiger charge is -2.27. The SMILES string of the molecule is O=C(CC1C=CS(=O)(=O)C1)N1CCCN(C2CCCC2)CC1. The van der Waals surface area contributed by atoms with E-state index in [0.29, 0.717) is 6.42 Å². The minimum Gasteiger partial charge on any atom is -0.341 e. The molecule has 1 amide bonds. The first-order chi connectivity index (χ1) is 10.5. The Hall–Kier alpha value is -0.880. The van der Waals surface area contributed by atoms with Crippen molar-refractivity contribution in [3.05, 3.63) is 11.5 Å². The van der Waals surface area contributed by atoms with E-state index in [1.165, 1.54) is 31.1 Å². The molecular formula is C16H26N2O3S. The van der Waals surface area contributed by atoms with E-state index in [4.69, 9.17) is 0 Å². The van der Waals surface area contributed by atoms with Gasteiger partial charge in [-0.1, -0.05) is 18.9 Å². The molecule has 3 rings (SSSR count). The first-order valence-corrected chi connectivity index (χ1v) is 10.2. The molecule has 2 aliphatic heterocycles. The van der Waals surface area contributed by atoms with Crippen LogP contribution in [0.15, 0.2) is 11.5 Å². The summed E-state index contributed by atoms with van der Waals surface area (Å²) in [6, 6.07) is 0.720. The number of amides is 1.